The van der Waals surface area contributed by atoms with Gasteiger partial charge in [-0.1, -0.05) is 6.07 Å². The number of nitrogens with zero attached hydrogens (tertiary/aromatic N) is 5. The van der Waals surface area contributed by atoms with E-state index in [2.05, 4.69) is 32.4 Å². The summed E-state index contributed by atoms with van der Waals surface area (Å²) in [5.74, 6) is -0.320. The number of hydrogen-bond acceptors (Lipinski definition) is 4. The van der Waals surface area contributed by atoms with Gasteiger partial charge in [-0.25, -0.2) is 9.37 Å². The molecular formula is C17H20FN7S+2. The Kier molecular flexibility index (Phi) is 4.72. The van der Waals surface area contributed by atoms with Crippen LogP contribution in [0.15, 0.2) is 48.8 Å². The van der Waals surface area contributed by atoms with Crippen molar-refractivity contribution < 1.29 is 14.3 Å². The van der Waals surface area contributed by atoms with Crippen LogP contribution in [0.25, 0.3) is 5.69 Å². The van der Waals surface area contributed by atoms with Gasteiger partial charge in [0.05, 0.1) is 31.9 Å². The first-order valence-corrected chi connectivity index (χ1v) is 8.95. The zero-order valence-electron chi connectivity index (χ0n) is 14.2. The highest BCUT2D eigenvalue weighted by Gasteiger charge is 2.21. The molecule has 3 heterocycles. The lowest BCUT2D eigenvalue weighted by Gasteiger charge is -2.32. The Morgan fingerprint density at radius 2 is 1.85 bits per heavy atom. The fraction of sp³-hybridized carbons (Fsp3) is 0.294. The zero-order chi connectivity index (χ0) is 17.9. The lowest BCUT2D eigenvalue weighted by Crippen LogP contribution is -3.14. The van der Waals surface area contributed by atoms with E-state index in [-0.39, 0.29) is 5.82 Å². The Hall–Kier alpha value is -2.65. The van der Waals surface area contributed by atoms with E-state index in [1.165, 1.54) is 27.4 Å². The van der Waals surface area contributed by atoms with Gasteiger partial charge in [-0.2, -0.15) is 9.36 Å². The number of benzene rings is 1. The molecule has 0 aliphatic carbocycles. The Morgan fingerprint density at radius 3 is 2.58 bits per heavy atom. The summed E-state index contributed by atoms with van der Waals surface area (Å²) >= 11 is 5.47. The van der Waals surface area contributed by atoms with Crippen LogP contribution in [0.2, 0.25) is 0 Å². The van der Waals surface area contributed by atoms with Crippen molar-refractivity contribution in [2.45, 2.75) is 6.67 Å². The first kappa shape index (κ1) is 16.8. The molecule has 1 fully saturated rings. The molecule has 3 aromatic rings. The number of tetrazole rings is 1. The Morgan fingerprint density at radius 1 is 1.08 bits per heavy atom. The minimum absolute atomic E-state index is 0.320. The van der Waals surface area contributed by atoms with Crippen molar-refractivity contribution in [2.75, 3.05) is 31.1 Å². The number of rotatable bonds is 4. The average molecular weight is 373 g/mol. The number of anilines is 1. The fourth-order valence-corrected chi connectivity index (χ4v) is 3.43. The van der Waals surface area contributed by atoms with Gasteiger partial charge >= 0.3 is 0 Å². The summed E-state index contributed by atoms with van der Waals surface area (Å²) in [6.07, 6.45) is 3.89. The maximum atomic E-state index is 13.4. The van der Waals surface area contributed by atoms with E-state index in [9.17, 15) is 4.39 Å². The molecule has 1 aliphatic rings. The second-order valence-electron chi connectivity index (χ2n) is 6.31. The van der Waals surface area contributed by atoms with Crippen molar-refractivity contribution in [2.24, 2.45) is 0 Å². The molecule has 2 aromatic heterocycles. The van der Waals surface area contributed by atoms with Crippen molar-refractivity contribution in [3.05, 3.63) is 59.4 Å². The number of quaternary nitrogens is 1. The molecule has 0 unspecified atom stereocenters. The maximum absolute atomic E-state index is 13.4. The third-order valence-electron chi connectivity index (χ3n) is 4.60. The Bertz CT molecular complexity index is 932. The van der Waals surface area contributed by atoms with Gasteiger partial charge in [-0.3, -0.25) is 0 Å². The second kappa shape index (κ2) is 7.30. The number of hydrogen-bond donors (Lipinski definition) is 1. The molecule has 1 aromatic carbocycles. The van der Waals surface area contributed by atoms with Crippen LogP contribution in [-0.2, 0) is 6.67 Å². The third-order valence-corrected chi connectivity index (χ3v) is 4.99. The van der Waals surface area contributed by atoms with Gasteiger partial charge in [0.25, 0.3) is 0 Å². The van der Waals surface area contributed by atoms with Crippen LogP contribution in [0, 0.1) is 10.6 Å². The highest BCUT2D eigenvalue weighted by molar-refractivity contribution is 7.71. The van der Waals surface area contributed by atoms with Gasteiger partial charge in [0.1, 0.15) is 5.82 Å². The number of aromatic amines is 1. The smallest absolute Gasteiger partial charge is 0.225 e. The summed E-state index contributed by atoms with van der Waals surface area (Å²) < 4.78 is 17.1. The van der Waals surface area contributed by atoms with E-state index in [1.807, 2.05) is 12.4 Å². The molecule has 0 amide bonds. The number of halogens is 1. The number of piperazine rings is 1. The number of nitrogens with one attached hydrogen (secondary N) is 2. The number of aromatic nitrogens is 5. The third kappa shape index (κ3) is 3.49. The molecular weight excluding hydrogens is 353 g/mol. The highest BCUT2D eigenvalue weighted by atomic mass is 32.1. The van der Waals surface area contributed by atoms with Crippen molar-refractivity contribution in [3.8, 4) is 5.69 Å². The summed E-state index contributed by atoms with van der Waals surface area (Å²) in [4.78, 5) is 6.82. The van der Waals surface area contributed by atoms with Crippen molar-refractivity contribution in [1.29, 1.82) is 0 Å². The normalized spacial score (nSPS) is 15.3. The predicted molar refractivity (Wildman–Crippen MR) is 96.0 cm³/mol. The van der Waals surface area contributed by atoms with E-state index in [4.69, 9.17) is 12.2 Å². The van der Waals surface area contributed by atoms with Crippen LogP contribution in [0.3, 0.4) is 0 Å². The first-order chi connectivity index (χ1) is 12.7. The van der Waals surface area contributed by atoms with Crippen LogP contribution in [0.4, 0.5) is 10.1 Å². The molecule has 2 N–H and O–H groups in total. The molecule has 0 atom stereocenters. The lowest BCUT2D eigenvalue weighted by atomic mass is 10.3. The maximum Gasteiger partial charge on any atom is 0.225 e. The molecule has 7 nitrogen and oxygen atoms in total. The molecule has 0 saturated carbocycles. The average Bonchev–Trinajstić information content (AvgIpc) is 3.03. The molecule has 9 heteroatoms. The molecule has 26 heavy (non-hydrogen) atoms. The molecule has 0 spiro atoms. The fourth-order valence-electron chi connectivity index (χ4n) is 3.18. The van der Waals surface area contributed by atoms with E-state index < -0.39 is 0 Å². The Labute approximate surface area is 155 Å². The van der Waals surface area contributed by atoms with E-state index in [0.29, 0.717) is 17.1 Å². The number of H-pyrrole nitrogens is 1. The topological polar surface area (TPSA) is 57.5 Å². The molecule has 1 aliphatic heterocycles. The van der Waals surface area contributed by atoms with Gasteiger partial charge in [0.15, 0.2) is 19.1 Å². The lowest BCUT2D eigenvalue weighted by molar-refractivity contribution is -0.924. The largest absolute Gasteiger partial charge is 0.360 e. The molecule has 4 rings (SSSR count). The van der Waals surface area contributed by atoms with E-state index in [1.54, 1.807) is 16.8 Å². The van der Waals surface area contributed by atoms with Crippen LogP contribution in [-0.4, -0.2) is 46.0 Å². The van der Waals surface area contributed by atoms with Crippen LogP contribution in [0.5, 0.6) is 0 Å². The van der Waals surface area contributed by atoms with Crippen molar-refractivity contribution in [1.82, 2.24) is 19.8 Å². The van der Waals surface area contributed by atoms with Gasteiger partial charge in [-0.05, 0) is 40.8 Å². The number of pyridine rings is 1. The van der Waals surface area contributed by atoms with Gasteiger partial charge < -0.3 is 9.80 Å². The monoisotopic (exact) mass is 373 g/mol. The van der Waals surface area contributed by atoms with Crippen LogP contribution in [0.1, 0.15) is 0 Å². The Balaban J connectivity index is 1.42. The predicted octanol–water partition coefficient (Wildman–Crippen LogP) is 0.114. The standard InChI is InChI=1S/C17H18FN7S/c18-14-2-1-3-16(12-14)25-17(26)24(20-21-25)13-22-8-10-23(11-9-22)15-4-6-19-7-5-15/h1-7,12H,8-11,13H2/p+2. The summed E-state index contributed by atoms with van der Waals surface area (Å²) in [5, 5.41) is 8.24. The summed E-state index contributed by atoms with van der Waals surface area (Å²) in [7, 11) is 0. The quantitative estimate of drug-likeness (QED) is 0.660. The van der Waals surface area contributed by atoms with Crippen molar-refractivity contribution >= 4 is 17.9 Å². The van der Waals surface area contributed by atoms with Crippen LogP contribution < -0.4 is 14.8 Å². The first-order valence-electron chi connectivity index (χ1n) is 8.54. The molecule has 1 saturated heterocycles. The zero-order valence-corrected chi connectivity index (χ0v) is 15.0. The minimum Gasteiger partial charge on any atom is -0.360 e. The second-order valence-corrected chi connectivity index (χ2v) is 6.67. The van der Waals surface area contributed by atoms with Gasteiger partial charge in [0.2, 0.25) is 4.77 Å². The molecule has 0 radical (unpaired) electrons. The minimum atomic E-state index is -0.320. The van der Waals surface area contributed by atoms with Crippen molar-refractivity contribution in [3.63, 3.8) is 0 Å². The van der Waals surface area contributed by atoms with Gasteiger partial charge in [-0.15, -0.1) is 0 Å². The SMILES string of the molecule is Fc1cccc(-n2nnn(C[NH+]3CCN(c4cc[nH+]cc4)CC3)c2=S)c1. The molecule has 134 valence electrons. The summed E-state index contributed by atoms with van der Waals surface area (Å²) in [6.45, 7) is 4.60. The highest BCUT2D eigenvalue weighted by Crippen LogP contribution is 2.11. The van der Waals surface area contributed by atoms with Crippen LogP contribution >= 0.6 is 12.2 Å². The molecule has 0 bridgehead atoms. The summed E-state index contributed by atoms with van der Waals surface area (Å²) in [5.41, 5.74) is 1.82. The van der Waals surface area contributed by atoms with E-state index in [0.717, 1.165) is 26.2 Å². The summed E-state index contributed by atoms with van der Waals surface area (Å²) in [6, 6.07) is 10.4. The van der Waals surface area contributed by atoms with E-state index >= 15 is 0 Å². The van der Waals surface area contributed by atoms with Gasteiger partial charge in [0, 0.05) is 17.8 Å².